The van der Waals surface area contributed by atoms with Gasteiger partial charge in [-0.3, -0.25) is 9.80 Å². The molecular weight excluding hydrogens is 364 g/mol. The second kappa shape index (κ2) is 11.9. The predicted molar refractivity (Wildman–Crippen MR) is 117 cm³/mol. The maximum atomic E-state index is 9.62. The highest BCUT2D eigenvalue weighted by atomic mass is 16.5. The van der Waals surface area contributed by atoms with E-state index in [4.69, 9.17) is 9.47 Å². The molecule has 5 heteroatoms. The smallest absolute Gasteiger partial charge is 0.124 e. The van der Waals surface area contributed by atoms with Crippen molar-refractivity contribution in [3.63, 3.8) is 0 Å². The molecule has 164 valence electrons. The summed E-state index contributed by atoms with van der Waals surface area (Å²) in [6.07, 6.45) is 7.87. The maximum absolute atomic E-state index is 9.62. The van der Waals surface area contributed by atoms with Gasteiger partial charge in [0.05, 0.1) is 13.7 Å². The number of aliphatic hydroxyl groups is 1. The number of hydrogen-bond acceptors (Lipinski definition) is 5. The molecule has 0 bridgehead atoms. The molecule has 0 radical (unpaired) electrons. The molecule has 0 spiro atoms. The van der Waals surface area contributed by atoms with Gasteiger partial charge in [-0.05, 0) is 49.8 Å². The molecule has 1 heterocycles. The Labute approximate surface area is 177 Å². The van der Waals surface area contributed by atoms with Crippen molar-refractivity contribution < 1.29 is 14.6 Å². The highest BCUT2D eigenvalue weighted by molar-refractivity contribution is 5.37. The van der Waals surface area contributed by atoms with Crippen LogP contribution in [-0.2, 0) is 17.9 Å². The van der Waals surface area contributed by atoms with E-state index in [1.807, 2.05) is 6.92 Å². The predicted octanol–water partition coefficient (Wildman–Crippen LogP) is 3.68. The van der Waals surface area contributed by atoms with Crippen molar-refractivity contribution in [2.45, 2.75) is 64.6 Å². The number of rotatable bonds is 10. The molecule has 1 aliphatic carbocycles. The third-order valence-corrected chi connectivity index (χ3v) is 6.58. The molecule has 3 rings (SSSR count). The normalized spacial score (nSPS) is 22.1. The molecular formula is C24H40N2O3. The standard InChI is InChI=1S/C24H40N2O3/c1-3-29-19-22-15-21(9-10-24(22)28-2)16-25-12-13-26(23(18-25)11-14-27)17-20-7-5-4-6-8-20/h9-10,15,20,23,27H,3-8,11-14,16-19H2,1-2H3/t23-/m0/s1. The Morgan fingerprint density at radius 1 is 1.14 bits per heavy atom. The highest BCUT2D eigenvalue weighted by Crippen LogP contribution is 2.27. The Bertz CT molecular complexity index is 604. The van der Waals surface area contributed by atoms with Crippen LogP contribution in [0.25, 0.3) is 0 Å². The van der Waals surface area contributed by atoms with Gasteiger partial charge in [0.25, 0.3) is 0 Å². The zero-order valence-electron chi connectivity index (χ0n) is 18.4. The summed E-state index contributed by atoms with van der Waals surface area (Å²) in [7, 11) is 1.72. The summed E-state index contributed by atoms with van der Waals surface area (Å²) in [5, 5.41) is 9.62. The topological polar surface area (TPSA) is 45.2 Å². The average molecular weight is 405 g/mol. The molecule has 0 amide bonds. The zero-order valence-corrected chi connectivity index (χ0v) is 18.4. The first-order valence-corrected chi connectivity index (χ1v) is 11.5. The summed E-state index contributed by atoms with van der Waals surface area (Å²) in [5.41, 5.74) is 2.43. The van der Waals surface area contributed by atoms with Gasteiger partial charge in [-0.25, -0.2) is 0 Å². The molecule has 1 aromatic rings. The summed E-state index contributed by atoms with van der Waals surface area (Å²) in [4.78, 5) is 5.21. The Morgan fingerprint density at radius 3 is 2.69 bits per heavy atom. The molecule has 0 aromatic heterocycles. The Morgan fingerprint density at radius 2 is 1.97 bits per heavy atom. The fraction of sp³-hybridized carbons (Fsp3) is 0.750. The molecule has 1 atom stereocenters. The van der Waals surface area contributed by atoms with E-state index in [2.05, 4.69) is 28.0 Å². The van der Waals surface area contributed by atoms with Gasteiger partial charge >= 0.3 is 0 Å². The SMILES string of the molecule is CCOCc1cc(CN2CCN(CC3CCCCC3)[C@@H](CCO)C2)ccc1OC. The second-order valence-electron chi connectivity index (χ2n) is 8.68. The minimum Gasteiger partial charge on any atom is -0.496 e. The third-order valence-electron chi connectivity index (χ3n) is 6.58. The molecule has 1 saturated carbocycles. The van der Waals surface area contributed by atoms with Crippen LogP contribution in [0.3, 0.4) is 0 Å². The zero-order chi connectivity index (χ0) is 20.5. The number of ether oxygens (including phenoxy) is 2. The van der Waals surface area contributed by atoms with Crippen molar-refractivity contribution in [3.8, 4) is 5.75 Å². The van der Waals surface area contributed by atoms with Crippen molar-refractivity contribution in [1.29, 1.82) is 0 Å². The molecule has 1 saturated heterocycles. The lowest BCUT2D eigenvalue weighted by Gasteiger charge is -2.43. The van der Waals surface area contributed by atoms with Crippen LogP contribution in [0.2, 0.25) is 0 Å². The number of hydrogen-bond donors (Lipinski definition) is 1. The number of benzene rings is 1. The van der Waals surface area contributed by atoms with Gasteiger partial charge in [0.15, 0.2) is 0 Å². The van der Waals surface area contributed by atoms with Crippen LogP contribution in [0.15, 0.2) is 18.2 Å². The summed E-state index contributed by atoms with van der Waals surface area (Å²) in [6.45, 7) is 9.02. The van der Waals surface area contributed by atoms with Crippen LogP contribution in [-0.4, -0.2) is 67.5 Å². The maximum Gasteiger partial charge on any atom is 0.124 e. The Hall–Kier alpha value is -1.14. The molecule has 0 unspecified atom stereocenters. The van der Waals surface area contributed by atoms with Gasteiger partial charge in [-0.15, -0.1) is 0 Å². The van der Waals surface area contributed by atoms with Gasteiger partial charge in [0, 0.05) is 57.5 Å². The fourth-order valence-corrected chi connectivity index (χ4v) is 4.98. The molecule has 5 nitrogen and oxygen atoms in total. The second-order valence-corrected chi connectivity index (χ2v) is 8.68. The monoisotopic (exact) mass is 404 g/mol. The largest absolute Gasteiger partial charge is 0.496 e. The van der Waals surface area contributed by atoms with Gasteiger partial charge in [-0.2, -0.15) is 0 Å². The van der Waals surface area contributed by atoms with Crippen LogP contribution in [0.4, 0.5) is 0 Å². The van der Waals surface area contributed by atoms with E-state index in [9.17, 15) is 5.11 Å². The van der Waals surface area contributed by atoms with E-state index < -0.39 is 0 Å². The van der Waals surface area contributed by atoms with Gasteiger partial charge < -0.3 is 14.6 Å². The minimum absolute atomic E-state index is 0.278. The molecule has 29 heavy (non-hydrogen) atoms. The average Bonchev–Trinajstić information content (AvgIpc) is 2.75. The van der Waals surface area contributed by atoms with E-state index in [1.54, 1.807) is 7.11 Å². The molecule has 1 aliphatic heterocycles. The van der Waals surface area contributed by atoms with Crippen LogP contribution in [0.5, 0.6) is 5.75 Å². The lowest BCUT2D eigenvalue weighted by atomic mass is 9.88. The Kier molecular flexibility index (Phi) is 9.25. The van der Waals surface area contributed by atoms with Gasteiger partial charge in [0.2, 0.25) is 0 Å². The van der Waals surface area contributed by atoms with Crippen LogP contribution >= 0.6 is 0 Å². The summed E-state index contributed by atoms with van der Waals surface area (Å²) in [6, 6.07) is 6.93. The number of methoxy groups -OCH3 is 1. The highest BCUT2D eigenvalue weighted by Gasteiger charge is 2.29. The third kappa shape index (κ3) is 6.68. The lowest BCUT2D eigenvalue weighted by molar-refractivity contribution is 0.0400. The summed E-state index contributed by atoms with van der Waals surface area (Å²) >= 11 is 0. The minimum atomic E-state index is 0.278. The van der Waals surface area contributed by atoms with Crippen LogP contribution in [0.1, 0.15) is 56.6 Å². The molecule has 1 aromatic carbocycles. The van der Waals surface area contributed by atoms with E-state index in [0.29, 0.717) is 19.3 Å². The van der Waals surface area contributed by atoms with Crippen LogP contribution in [0, 0.1) is 5.92 Å². The quantitative estimate of drug-likeness (QED) is 0.644. The first kappa shape index (κ1) is 22.5. The first-order chi connectivity index (χ1) is 14.2. The van der Waals surface area contributed by atoms with Crippen LogP contribution < -0.4 is 4.74 Å². The van der Waals surface area contributed by atoms with Crippen molar-refractivity contribution in [1.82, 2.24) is 9.80 Å². The van der Waals surface area contributed by atoms with Crippen molar-refractivity contribution >= 4 is 0 Å². The number of aliphatic hydroxyl groups excluding tert-OH is 1. The Balaban J connectivity index is 1.59. The van der Waals surface area contributed by atoms with E-state index in [-0.39, 0.29) is 6.61 Å². The van der Waals surface area contributed by atoms with Crippen molar-refractivity contribution in [3.05, 3.63) is 29.3 Å². The number of piperazine rings is 1. The summed E-state index contributed by atoms with van der Waals surface area (Å²) in [5.74, 6) is 1.76. The molecule has 2 aliphatic rings. The molecule has 2 fully saturated rings. The first-order valence-electron chi connectivity index (χ1n) is 11.5. The van der Waals surface area contributed by atoms with E-state index in [1.165, 1.54) is 44.2 Å². The summed E-state index contributed by atoms with van der Waals surface area (Å²) < 4.78 is 11.1. The van der Waals surface area contributed by atoms with Crippen molar-refractivity contribution in [2.24, 2.45) is 5.92 Å². The van der Waals surface area contributed by atoms with E-state index in [0.717, 1.165) is 49.8 Å². The fourth-order valence-electron chi connectivity index (χ4n) is 4.98. The van der Waals surface area contributed by atoms with Crippen molar-refractivity contribution in [2.75, 3.05) is 46.5 Å². The van der Waals surface area contributed by atoms with Gasteiger partial charge in [0.1, 0.15) is 5.75 Å². The van der Waals surface area contributed by atoms with E-state index >= 15 is 0 Å². The van der Waals surface area contributed by atoms with Gasteiger partial charge in [-0.1, -0.05) is 25.3 Å². The molecule has 1 N–H and O–H groups in total. The lowest BCUT2D eigenvalue weighted by Crippen LogP contribution is -2.54. The number of nitrogens with zero attached hydrogens (tertiary/aromatic N) is 2.